The van der Waals surface area contributed by atoms with E-state index in [9.17, 15) is 14.4 Å². The fraction of sp³-hybridized carbons (Fsp3) is 0.627. The molecule has 57 heavy (non-hydrogen) atoms. The van der Waals surface area contributed by atoms with Gasteiger partial charge in [-0.15, -0.1) is 0 Å². The van der Waals surface area contributed by atoms with E-state index in [4.69, 9.17) is 14.2 Å². The monoisotopic (exact) mass is 791 g/mol. The summed E-state index contributed by atoms with van der Waals surface area (Å²) >= 11 is 0. The lowest BCUT2D eigenvalue weighted by molar-refractivity contribution is -0.166. The Labute approximate surface area is 349 Å². The number of hydrogen-bond acceptors (Lipinski definition) is 6. The van der Waals surface area contributed by atoms with Crippen molar-refractivity contribution in [3.8, 4) is 0 Å². The number of ether oxygens (including phenoxy) is 3. The van der Waals surface area contributed by atoms with Crippen LogP contribution in [-0.4, -0.2) is 37.2 Å². The van der Waals surface area contributed by atoms with E-state index in [0.717, 1.165) is 116 Å². The van der Waals surface area contributed by atoms with E-state index in [1.807, 2.05) is 12.2 Å². The van der Waals surface area contributed by atoms with Crippen LogP contribution in [-0.2, 0) is 28.6 Å². The number of unbranched alkanes of at least 4 members (excludes halogenated alkanes) is 12. The Morgan fingerprint density at radius 2 is 0.719 bits per heavy atom. The van der Waals surface area contributed by atoms with E-state index in [-0.39, 0.29) is 37.5 Å². The predicted octanol–water partition coefficient (Wildman–Crippen LogP) is 14.6. The summed E-state index contributed by atoms with van der Waals surface area (Å²) < 4.78 is 16.5. The second kappa shape index (κ2) is 45.0. The molecular formula is C51H82O6. The lowest BCUT2D eigenvalue weighted by atomic mass is 10.1. The zero-order valence-electron chi connectivity index (χ0n) is 36.6. The molecule has 0 aromatic heterocycles. The summed E-state index contributed by atoms with van der Waals surface area (Å²) in [4.78, 5) is 37.5. The average Bonchev–Trinajstić information content (AvgIpc) is 3.21. The Morgan fingerprint density at radius 3 is 1.21 bits per heavy atom. The highest BCUT2D eigenvalue weighted by Crippen LogP contribution is 2.11. The highest BCUT2D eigenvalue weighted by molar-refractivity contribution is 5.71. The molecule has 0 bridgehead atoms. The smallest absolute Gasteiger partial charge is 0.306 e. The van der Waals surface area contributed by atoms with Crippen molar-refractivity contribution in [2.45, 2.75) is 194 Å². The highest BCUT2D eigenvalue weighted by atomic mass is 16.6. The van der Waals surface area contributed by atoms with E-state index in [2.05, 4.69) is 106 Å². The lowest BCUT2D eigenvalue weighted by Crippen LogP contribution is -2.30. The number of carbonyl (C=O) groups excluding carboxylic acids is 3. The molecule has 6 heteroatoms. The second-order valence-corrected chi connectivity index (χ2v) is 14.6. The summed E-state index contributed by atoms with van der Waals surface area (Å²) in [5.41, 5.74) is 0. The molecule has 0 amide bonds. The van der Waals surface area contributed by atoms with Gasteiger partial charge < -0.3 is 14.2 Å². The van der Waals surface area contributed by atoms with Gasteiger partial charge >= 0.3 is 17.9 Å². The normalized spacial score (nSPS) is 13.0. The third-order valence-corrected chi connectivity index (χ3v) is 9.09. The Morgan fingerprint density at radius 1 is 0.368 bits per heavy atom. The zero-order valence-corrected chi connectivity index (χ0v) is 36.6. The van der Waals surface area contributed by atoms with Crippen LogP contribution in [0.3, 0.4) is 0 Å². The van der Waals surface area contributed by atoms with E-state index in [1.54, 1.807) is 0 Å². The summed E-state index contributed by atoms with van der Waals surface area (Å²) in [5, 5.41) is 0. The fourth-order valence-corrected chi connectivity index (χ4v) is 5.67. The van der Waals surface area contributed by atoms with Crippen molar-refractivity contribution in [3.05, 3.63) is 97.2 Å². The third-order valence-electron chi connectivity index (χ3n) is 9.09. The Hall–Kier alpha value is -3.67. The minimum absolute atomic E-state index is 0.109. The largest absolute Gasteiger partial charge is 0.462 e. The molecule has 0 aromatic rings. The van der Waals surface area contributed by atoms with Crippen molar-refractivity contribution in [1.82, 2.24) is 0 Å². The van der Waals surface area contributed by atoms with Crippen LogP contribution in [0.15, 0.2) is 97.2 Å². The minimum atomic E-state index is -0.811. The first kappa shape index (κ1) is 53.3. The van der Waals surface area contributed by atoms with Crippen LogP contribution in [0.1, 0.15) is 188 Å². The summed E-state index contributed by atoms with van der Waals surface area (Å²) in [6, 6.07) is 0. The van der Waals surface area contributed by atoms with Crippen LogP contribution in [0.25, 0.3) is 0 Å². The van der Waals surface area contributed by atoms with Gasteiger partial charge in [-0.05, 0) is 89.9 Å². The number of carbonyl (C=O) groups is 3. The molecule has 0 N–H and O–H groups in total. The van der Waals surface area contributed by atoms with Crippen LogP contribution in [0, 0.1) is 0 Å². The van der Waals surface area contributed by atoms with Crippen molar-refractivity contribution in [1.29, 1.82) is 0 Å². The summed E-state index contributed by atoms with van der Waals surface area (Å²) in [6.45, 7) is 6.30. The number of rotatable bonds is 39. The van der Waals surface area contributed by atoms with Crippen LogP contribution in [0.2, 0.25) is 0 Å². The number of allylic oxidation sites excluding steroid dienone is 16. The van der Waals surface area contributed by atoms with Gasteiger partial charge in [-0.1, -0.05) is 176 Å². The van der Waals surface area contributed by atoms with Crippen LogP contribution >= 0.6 is 0 Å². The molecule has 0 rings (SSSR count). The molecule has 0 spiro atoms. The molecule has 0 saturated heterocycles. The molecule has 322 valence electrons. The summed E-state index contributed by atoms with van der Waals surface area (Å²) in [7, 11) is 0. The van der Waals surface area contributed by atoms with Crippen molar-refractivity contribution in [2.24, 2.45) is 0 Å². The molecule has 0 aliphatic rings. The highest BCUT2D eigenvalue weighted by Gasteiger charge is 2.19. The molecule has 0 aromatic carbocycles. The molecule has 0 heterocycles. The predicted molar refractivity (Wildman–Crippen MR) is 242 cm³/mol. The Balaban J connectivity index is 4.39. The van der Waals surface area contributed by atoms with Crippen molar-refractivity contribution in [3.63, 3.8) is 0 Å². The molecule has 0 aliphatic heterocycles. The molecule has 0 aliphatic carbocycles. The first-order chi connectivity index (χ1) is 28.0. The molecule has 1 unspecified atom stereocenters. The molecular weight excluding hydrogens is 709 g/mol. The number of esters is 3. The lowest BCUT2D eigenvalue weighted by Gasteiger charge is -2.18. The molecule has 0 fully saturated rings. The SMILES string of the molecule is CC/C=C\C/C=C\C/C=C\C/C=C\C/C=C\C/C=C\CCC(=O)OCC(COC(=O)CCCCCCC)OC(=O)CCCCCCC/C=C\C/C=C\CCCCC. The molecule has 6 nitrogen and oxygen atoms in total. The Kier molecular flexibility index (Phi) is 42.1. The second-order valence-electron chi connectivity index (χ2n) is 14.6. The van der Waals surface area contributed by atoms with Crippen LogP contribution in [0.4, 0.5) is 0 Å². The molecule has 0 saturated carbocycles. The Bertz CT molecular complexity index is 1180. The fourth-order valence-electron chi connectivity index (χ4n) is 5.67. The molecule has 0 radical (unpaired) electrons. The number of hydrogen-bond donors (Lipinski definition) is 0. The summed E-state index contributed by atoms with van der Waals surface area (Å²) in [5.74, 6) is -1.04. The average molecular weight is 791 g/mol. The van der Waals surface area contributed by atoms with E-state index in [0.29, 0.717) is 19.3 Å². The van der Waals surface area contributed by atoms with Gasteiger partial charge in [0.25, 0.3) is 0 Å². The van der Waals surface area contributed by atoms with E-state index >= 15 is 0 Å². The van der Waals surface area contributed by atoms with Crippen molar-refractivity contribution < 1.29 is 28.6 Å². The molecule has 1 atom stereocenters. The maximum absolute atomic E-state index is 12.7. The standard InChI is InChI=1S/C51H82O6/c1-4-7-10-13-15-17-19-21-23-24-25-26-28-29-31-33-35-38-41-44-50(53)56-47-48(46-55-49(52)43-40-37-12-9-6-3)57-51(54)45-42-39-36-34-32-30-27-22-20-18-16-14-11-8-5-2/h7,10,15-18,21-23,25-27,29,31,35,38,48H,4-6,8-9,11-14,19-20,24,28,30,32-34,36-37,39-47H2,1-3H3/b10-7-,17-15-,18-16-,23-21-,26-25-,27-22-,31-29-,38-35-. The van der Waals surface area contributed by atoms with Crippen molar-refractivity contribution in [2.75, 3.05) is 13.2 Å². The van der Waals surface area contributed by atoms with Gasteiger partial charge in [0, 0.05) is 19.3 Å². The van der Waals surface area contributed by atoms with Crippen molar-refractivity contribution >= 4 is 17.9 Å². The maximum Gasteiger partial charge on any atom is 0.306 e. The third kappa shape index (κ3) is 43.3. The van der Waals surface area contributed by atoms with Gasteiger partial charge in [-0.25, -0.2) is 0 Å². The maximum atomic E-state index is 12.7. The van der Waals surface area contributed by atoms with Gasteiger partial charge in [0.1, 0.15) is 13.2 Å². The summed E-state index contributed by atoms with van der Waals surface area (Å²) in [6.07, 6.45) is 58.6. The first-order valence-electron chi connectivity index (χ1n) is 22.7. The minimum Gasteiger partial charge on any atom is -0.462 e. The van der Waals surface area contributed by atoms with Gasteiger partial charge in [0.15, 0.2) is 6.10 Å². The van der Waals surface area contributed by atoms with Gasteiger partial charge in [0.05, 0.1) is 0 Å². The van der Waals surface area contributed by atoms with Gasteiger partial charge in [-0.2, -0.15) is 0 Å². The topological polar surface area (TPSA) is 78.9 Å². The first-order valence-corrected chi connectivity index (χ1v) is 22.7. The van der Waals surface area contributed by atoms with Gasteiger partial charge in [-0.3, -0.25) is 14.4 Å². The van der Waals surface area contributed by atoms with E-state index in [1.165, 1.54) is 25.7 Å². The van der Waals surface area contributed by atoms with Crippen LogP contribution in [0.5, 0.6) is 0 Å². The van der Waals surface area contributed by atoms with E-state index < -0.39 is 6.10 Å². The van der Waals surface area contributed by atoms with Crippen LogP contribution < -0.4 is 0 Å². The quantitative estimate of drug-likeness (QED) is 0.0267. The zero-order chi connectivity index (χ0) is 41.5. The van der Waals surface area contributed by atoms with Gasteiger partial charge in [0.2, 0.25) is 0 Å².